The zero-order chi connectivity index (χ0) is 12.5. The van der Waals surface area contributed by atoms with E-state index in [1.807, 2.05) is 0 Å². The number of halogens is 1. The summed E-state index contributed by atoms with van der Waals surface area (Å²) < 4.78 is 0. The van der Waals surface area contributed by atoms with Gasteiger partial charge in [0.25, 0.3) is 0 Å². The molecule has 3 aliphatic rings. The van der Waals surface area contributed by atoms with E-state index in [1.165, 1.54) is 38.5 Å². The van der Waals surface area contributed by atoms with Crippen molar-refractivity contribution in [1.29, 1.82) is 0 Å². The molecule has 2 aliphatic carbocycles. The van der Waals surface area contributed by atoms with E-state index in [0.29, 0.717) is 23.8 Å². The molecule has 3 nitrogen and oxygen atoms in total. The molecule has 0 spiro atoms. The summed E-state index contributed by atoms with van der Waals surface area (Å²) in [6.45, 7) is 1.93. The first-order valence-corrected chi connectivity index (χ1v) is 7.77. The second-order valence-electron chi connectivity index (χ2n) is 6.65. The fourth-order valence-electron chi connectivity index (χ4n) is 4.30. The Morgan fingerprint density at radius 2 is 1.84 bits per heavy atom. The Morgan fingerprint density at radius 3 is 2.53 bits per heavy atom. The highest BCUT2D eigenvalue weighted by atomic mass is 35.5. The third-order valence-corrected chi connectivity index (χ3v) is 5.51. The van der Waals surface area contributed by atoms with Crippen molar-refractivity contribution in [3.63, 3.8) is 0 Å². The van der Waals surface area contributed by atoms with E-state index in [9.17, 15) is 4.79 Å². The summed E-state index contributed by atoms with van der Waals surface area (Å²) in [5.74, 6) is 2.53. The number of amides is 1. The number of carbonyl (C=O) groups is 1. The molecular formula is C15H27ClN2O. The van der Waals surface area contributed by atoms with E-state index < -0.39 is 0 Å². The smallest absolute Gasteiger partial charge is 0.222 e. The fourth-order valence-corrected chi connectivity index (χ4v) is 4.30. The summed E-state index contributed by atoms with van der Waals surface area (Å²) in [7, 11) is 0. The monoisotopic (exact) mass is 286 g/mol. The predicted octanol–water partition coefficient (Wildman–Crippen LogP) is 2.57. The van der Waals surface area contributed by atoms with Gasteiger partial charge in [-0.3, -0.25) is 4.79 Å². The Bertz CT molecular complexity index is 317. The molecule has 2 saturated carbocycles. The van der Waals surface area contributed by atoms with Crippen molar-refractivity contribution in [2.45, 2.75) is 57.4 Å². The average molecular weight is 287 g/mol. The maximum absolute atomic E-state index is 12.2. The van der Waals surface area contributed by atoms with Crippen molar-refractivity contribution in [2.24, 2.45) is 23.5 Å². The molecule has 2 N–H and O–H groups in total. The van der Waals surface area contributed by atoms with Crippen molar-refractivity contribution in [3.05, 3.63) is 0 Å². The molecule has 3 fully saturated rings. The second kappa shape index (κ2) is 6.45. The molecule has 4 heteroatoms. The summed E-state index contributed by atoms with van der Waals surface area (Å²) >= 11 is 0. The number of likely N-dealkylation sites (tertiary alicyclic amines) is 1. The van der Waals surface area contributed by atoms with Crippen LogP contribution in [0.1, 0.15) is 51.4 Å². The SMILES string of the molecule is Cl.NC1CCC2CN(C(=O)CCC3CCCC3)CC12. The standard InChI is InChI=1S/C15H26N2O.ClH/c16-14-7-6-12-9-17(10-13(12)14)15(18)8-5-11-3-1-2-4-11;/h11-14H,1-10,16H2;1H. The molecule has 19 heavy (non-hydrogen) atoms. The Hall–Kier alpha value is -0.280. The second-order valence-corrected chi connectivity index (χ2v) is 6.65. The minimum Gasteiger partial charge on any atom is -0.342 e. The van der Waals surface area contributed by atoms with E-state index in [1.54, 1.807) is 0 Å². The number of hydrogen-bond acceptors (Lipinski definition) is 2. The van der Waals surface area contributed by atoms with E-state index in [0.717, 1.165) is 31.8 Å². The van der Waals surface area contributed by atoms with Gasteiger partial charge in [-0.15, -0.1) is 12.4 Å². The Morgan fingerprint density at radius 1 is 1.11 bits per heavy atom. The molecule has 0 radical (unpaired) electrons. The van der Waals surface area contributed by atoms with E-state index in [2.05, 4.69) is 4.90 Å². The molecule has 3 atom stereocenters. The van der Waals surface area contributed by atoms with Crippen LogP contribution in [-0.2, 0) is 4.79 Å². The normalized spacial score (nSPS) is 34.4. The van der Waals surface area contributed by atoms with Gasteiger partial charge in [-0.2, -0.15) is 0 Å². The highest BCUT2D eigenvalue weighted by molar-refractivity contribution is 5.85. The molecule has 0 bridgehead atoms. The number of nitrogens with zero attached hydrogens (tertiary/aromatic N) is 1. The molecular weight excluding hydrogens is 260 g/mol. The van der Waals surface area contributed by atoms with Gasteiger partial charge >= 0.3 is 0 Å². The maximum Gasteiger partial charge on any atom is 0.222 e. The van der Waals surface area contributed by atoms with Crippen molar-refractivity contribution in [2.75, 3.05) is 13.1 Å². The lowest BCUT2D eigenvalue weighted by molar-refractivity contribution is -0.130. The van der Waals surface area contributed by atoms with Gasteiger partial charge in [0.05, 0.1) is 0 Å². The Balaban J connectivity index is 0.00000133. The van der Waals surface area contributed by atoms with Crippen LogP contribution in [0.2, 0.25) is 0 Å². The molecule has 3 unspecified atom stereocenters. The Kier molecular flexibility index (Phi) is 5.13. The van der Waals surface area contributed by atoms with Crippen LogP contribution >= 0.6 is 12.4 Å². The Labute approximate surface area is 122 Å². The number of nitrogens with two attached hydrogens (primary N) is 1. The van der Waals surface area contributed by atoms with Crippen LogP contribution in [0.25, 0.3) is 0 Å². The molecule has 0 aromatic rings. The zero-order valence-corrected chi connectivity index (χ0v) is 12.5. The van der Waals surface area contributed by atoms with Crippen molar-refractivity contribution in [1.82, 2.24) is 4.90 Å². The highest BCUT2D eigenvalue weighted by Gasteiger charge is 2.42. The van der Waals surface area contributed by atoms with Crippen molar-refractivity contribution < 1.29 is 4.79 Å². The van der Waals surface area contributed by atoms with E-state index in [4.69, 9.17) is 5.73 Å². The van der Waals surface area contributed by atoms with Crippen LogP contribution in [0.3, 0.4) is 0 Å². The summed E-state index contributed by atoms with van der Waals surface area (Å²) in [5, 5.41) is 0. The minimum absolute atomic E-state index is 0. The average Bonchev–Trinajstić information content (AvgIpc) is 3.05. The number of carbonyl (C=O) groups excluding carboxylic acids is 1. The molecule has 1 amide bonds. The summed E-state index contributed by atoms with van der Waals surface area (Å²) in [4.78, 5) is 14.3. The van der Waals surface area contributed by atoms with Crippen LogP contribution in [0.15, 0.2) is 0 Å². The molecule has 110 valence electrons. The van der Waals surface area contributed by atoms with Gasteiger partial charge in [0, 0.05) is 25.6 Å². The largest absolute Gasteiger partial charge is 0.342 e. The molecule has 3 rings (SSSR count). The molecule has 1 saturated heterocycles. The molecule has 1 aliphatic heterocycles. The summed E-state index contributed by atoms with van der Waals surface area (Å²) in [6.07, 6.45) is 9.75. The molecule has 0 aromatic heterocycles. The first kappa shape index (κ1) is 15.1. The lowest BCUT2D eigenvalue weighted by Crippen LogP contribution is -2.33. The van der Waals surface area contributed by atoms with E-state index in [-0.39, 0.29) is 12.4 Å². The first-order chi connectivity index (χ1) is 8.74. The van der Waals surface area contributed by atoms with Gasteiger partial charge in [0.1, 0.15) is 0 Å². The van der Waals surface area contributed by atoms with Crippen LogP contribution < -0.4 is 5.73 Å². The lowest BCUT2D eigenvalue weighted by atomic mass is 9.98. The van der Waals surface area contributed by atoms with Crippen molar-refractivity contribution >= 4 is 18.3 Å². The summed E-state index contributed by atoms with van der Waals surface area (Å²) in [5.41, 5.74) is 6.12. The highest BCUT2D eigenvalue weighted by Crippen LogP contribution is 2.37. The molecule has 0 aromatic carbocycles. The van der Waals surface area contributed by atoms with Crippen LogP contribution in [0, 0.1) is 17.8 Å². The van der Waals surface area contributed by atoms with Gasteiger partial charge in [-0.25, -0.2) is 0 Å². The van der Waals surface area contributed by atoms with Crippen LogP contribution in [-0.4, -0.2) is 29.9 Å². The number of fused-ring (bicyclic) bond motifs is 1. The third-order valence-electron chi connectivity index (χ3n) is 5.51. The van der Waals surface area contributed by atoms with Crippen molar-refractivity contribution in [3.8, 4) is 0 Å². The first-order valence-electron chi connectivity index (χ1n) is 7.77. The van der Waals surface area contributed by atoms with Gasteiger partial charge < -0.3 is 10.6 Å². The zero-order valence-electron chi connectivity index (χ0n) is 11.7. The number of rotatable bonds is 3. The summed E-state index contributed by atoms with van der Waals surface area (Å²) in [6, 6.07) is 0.350. The lowest BCUT2D eigenvalue weighted by Gasteiger charge is -2.19. The van der Waals surface area contributed by atoms with Crippen LogP contribution in [0.4, 0.5) is 0 Å². The topological polar surface area (TPSA) is 46.3 Å². The van der Waals surface area contributed by atoms with Gasteiger partial charge in [-0.1, -0.05) is 25.7 Å². The fraction of sp³-hybridized carbons (Fsp3) is 0.933. The maximum atomic E-state index is 12.2. The molecule has 1 heterocycles. The predicted molar refractivity (Wildman–Crippen MR) is 79.2 cm³/mol. The number of hydrogen-bond donors (Lipinski definition) is 1. The third kappa shape index (κ3) is 3.25. The van der Waals surface area contributed by atoms with E-state index >= 15 is 0 Å². The van der Waals surface area contributed by atoms with Gasteiger partial charge in [0.2, 0.25) is 5.91 Å². The minimum atomic E-state index is 0. The van der Waals surface area contributed by atoms with Crippen LogP contribution in [0.5, 0.6) is 0 Å². The van der Waals surface area contributed by atoms with Gasteiger partial charge in [0.15, 0.2) is 0 Å². The van der Waals surface area contributed by atoms with Gasteiger partial charge in [-0.05, 0) is 37.0 Å². The quantitative estimate of drug-likeness (QED) is 0.867.